The van der Waals surface area contributed by atoms with E-state index in [2.05, 4.69) is 15.8 Å². The molecule has 8 heteroatoms. The number of rotatable bonds is 7. The van der Waals surface area contributed by atoms with Crippen molar-refractivity contribution in [1.82, 2.24) is 10.7 Å². The first-order valence-corrected chi connectivity index (χ1v) is 8.01. The largest absolute Gasteiger partial charge is 0.484 e. The molecule has 0 fully saturated rings. The molecule has 2 N–H and O–H groups in total. The van der Waals surface area contributed by atoms with E-state index in [9.17, 15) is 9.59 Å². The number of amides is 2. The molecule has 2 aromatic carbocycles. The van der Waals surface area contributed by atoms with Crippen molar-refractivity contribution in [2.45, 2.75) is 0 Å². The minimum Gasteiger partial charge on any atom is -0.484 e. The van der Waals surface area contributed by atoms with Gasteiger partial charge in [-0.3, -0.25) is 9.59 Å². The Kier molecular flexibility index (Phi) is 7.25. The number of hydrogen-bond donors (Lipinski definition) is 2. The summed E-state index contributed by atoms with van der Waals surface area (Å²) in [4.78, 5) is 23.2. The van der Waals surface area contributed by atoms with Crippen LogP contribution in [0.2, 0.25) is 10.0 Å². The summed E-state index contributed by atoms with van der Waals surface area (Å²) in [6.45, 7) is -0.413. The van der Waals surface area contributed by atoms with Crippen molar-refractivity contribution >= 4 is 41.2 Å². The quantitative estimate of drug-likeness (QED) is 0.573. The monoisotopic (exact) mass is 379 g/mol. The Morgan fingerprint density at radius 3 is 2.20 bits per heavy atom. The van der Waals surface area contributed by atoms with Crippen LogP contribution in [0.25, 0.3) is 0 Å². The van der Waals surface area contributed by atoms with E-state index in [-0.39, 0.29) is 13.2 Å². The highest BCUT2D eigenvalue weighted by molar-refractivity contribution is 6.30. The Morgan fingerprint density at radius 2 is 1.56 bits per heavy atom. The van der Waals surface area contributed by atoms with E-state index >= 15 is 0 Å². The van der Waals surface area contributed by atoms with Crippen LogP contribution in [0.5, 0.6) is 5.75 Å². The van der Waals surface area contributed by atoms with Crippen LogP contribution in [0.1, 0.15) is 5.56 Å². The molecule has 0 aliphatic rings. The second-order valence-corrected chi connectivity index (χ2v) is 5.74. The maximum absolute atomic E-state index is 11.6. The predicted octanol–water partition coefficient (Wildman–Crippen LogP) is 2.64. The fourth-order valence-corrected chi connectivity index (χ4v) is 1.93. The molecule has 0 aliphatic carbocycles. The van der Waals surface area contributed by atoms with Crippen LogP contribution in [0, 0.1) is 0 Å². The molecule has 130 valence electrons. The SMILES string of the molecule is O=C(COc1ccc(Cl)cc1)NCC(=O)N/N=C/c1ccc(Cl)cc1. The summed E-state index contributed by atoms with van der Waals surface area (Å²) < 4.78 is 5.26. The van der Waals surface area contributed by atoms with Crippen molar-refractivity contribution in [3.63, 3.8) is 0 Å². The molecular formula is C17H15Cl2N3O3. The average Bonchev–Trinajstić information content (AvgIpc) is 2.61. The van der Waals surface area contributed by atoms with Crippen LogP contribution in [0.4, 0.5) is 0 Å². The lowest BCUT2D eigenvalue weighted by Crippen LogP contribution is -2.37. The van der Waals surface area contributed by atoms with E-state index < -0.39 is 11.8 Å². The number of carbonyl (C=O) groups excluding carboxylic acids is 2. The van der Waals surface area contributed by atoms with Crippen molar-refractivity contribution in [3.8, 4) is 5.75 Å². The van der Waals surface area contributed by atoms with Gasteiger partial charge in [0, 0.05) is 10.0 Å². The van der Waals surface area contributed by atoms with E-state index in [1.54, 1.807) is 48.5 Å². The molecule has 0 radical (unpaired) electrons. The third-order valence-corrected chi connectivity index (χ3v) is 3.41. The van der Waals surface area contributed by atoms with Crippen LogP contribution in [0.15, 0.2) is 53.6 Å². The lowest BCUT2D eigenvalue weighted by molar-refractivity contribution is -0.127. The Hall–Kier alpha value is -2.57. The van der Waals surface area contributed by atoms with Gasteiger partial charge in [0.25, 0.3) is 11.8 Å². The summed E-state index contributed by atoms with van der Waals surface area (Å²) in [6, 6.07) is 13.5. The first-order valence-electron chi connectivity index (χ1n) is 7.25. The average molecular weight is 380 g/mol. The number of hydrazone groups is 1. The van der Waals surface area contributed by atoms with Crippen molar-refractivity contribution < 1.29 is 14.3 Å². The van der Waals surface area contributed by atoms with Crippen LogP contribution in [-0.2, 0) is 9.59 Å². The third-order valence-electron chi connectivity index (χ3n) is 2.90. The van der Waals surface area contributed by atoms with Gasteiger partial charge < -0.3 is 10.1 Å². The van der Waals surface area contributed by atoms with Gasteiger partial charge >= 0.3 is 0 Å². The van der Waals surface area contributed by atoms with E-state index in [4.69, 9.17) is 27.9 Å². The molecular weight excluding hydrogens is 365 g/mol. The lowest BCUT2D eigenvalue weighted by Gasteiger charge is -2.07. The molecule has 2 aromatic rings. The Balaban J connectivity index is 1.66. The molecule has 2 rings (SSSR count). The summed E-state index contributed by atoms with van der Waals surface area (Å²) in [5, 5.41) is 7.41. The normalized spacial score (nSPS) is 10.5. The first-order chi connectivity index (χ1) is 12.0. The molecule has 0 bridgehead atoms. The summed E-state index contributed by atoms with van der Waals surface area (Å²) in [6.07, 6.45) is 1.47. The molecule has 2 amide bonds. The summed E-state index contributed by atoms with van der Waals surface area (Å²) in [5.41, 5.74) is 3.09. The molecule has 0 unspecified atom stereocenters. The zero-order valence-corrected chi connectivity index (χ0v) is 14.6. The fourth-order valence-electron chi connectivity index (χ4n) is 1.68. The molecule has 0 spiro atoms. The van der Waals surface area contributed by atoms with Gasteiger partial charge in [-0.2, -0.15) is 5.10 Å². The van der Waals surface area contributed by atoms with E-state index in [0.29, 0.717) is 15.8 Å². The lowest BCUT2D eigenvalue weighted by atomic mass is 10.2. The van der Waals surface area contributed by atoms with Crippen LogP contribution in [0.3, 0.4) is 0 Å². The van der Waals surface area contributed by atoms with E-state index in [0.717, 1.165) is 5.56 Å². The zero-order valence-electron chi connectivity index (χ0n) is 13.0. The van der Waals surface area contributed by atoms with Crippen molar-refractivity contribution in [3.05, 3.63) is 64.1 Å². The Bertz CT molecular complexity index is 747. The number of ether oxygens (including phenoxy) is 1. The number of hydrogen-bond acceptors (Lipinski definition) is 4. The van der Waals surface area contributed by atoms with Gasteiger partial charge in [0.05, 0.1) is 12.8 Å². The number of nitrogens with zero attached hydrogens (tertiary/aromatic N) is 1. The molecule has 25 heavy (non-hydrogen) atoms. The van der Waals surface area contributed by atoms with Crippen molar-refractivity contribution in [1.29, 1.82) is 0 Å². The van der Waals surface area contributed by atoms with Gasteiger partial charge in [0.2, 0.25) is 0 Å². The Morgan fingerprint density at radius 1 is 0.960 bits per heavy atom. The van der Waals surface area contributed by atoms with E-state index in [1.807, 2.05) is 0 Å². The Labute approximate surface area is 154 Å². The highest BCUT2D eigenvalue weighted by Gasteiger charge is 2.05. The standard InChI is InChI=1S/C17H15Cl2N3O3/c18-13-3-1-12(2-4-13)9-21-22-16(23)10-20-17(24)11-25-15-7-5-14(19)6-8-15/h1-9H,10-11H2,(H,20,24)(H,22,23)/b21-9+. The van der Waals surface area contributed by atoms with Gasteiger partial charge in [-0.1, -0.05) is 35.3 Å². The highest BCUT2D eigenvalue weighted by atomic mass is 35.5. The van der Waals surface area contributed by atoms with Crippen LogP contribution < -0.4 is 15.5 Å². The minimum atomic E-state index is -0.454. The summed E-state index contributed by atoms with van der Waals surface area (Å²) in [7, 11) is 0. The number of carbonyl (C=O) groups is 2. The van der Waals surface area contributed by atoms with E-state index in [1.165, 1.54) is 6.21 Å². The predicted molar refractivity (Wildman–Crippen MR) is 97.1 cm³/mol. The van der Waals surface area contributed by atoms with Gasteiger partial charge in [-0.05, 0) is 42.0 Å². The summed E-state index contributed by atoms with van der Waals surface area (Å²) >= 11 is 11.5. The summed E-state index contributed by atoms with van der Waals surface area (Å²) in [5.74, 6) is -0.367. The second kappa shape index (κ2) is 9.66. The molecule has 0 aliphatic heterocycles. The topological polar surface area (TPSA) is 79.8 Å². The second-order valence-electron chi connectivity index (χ2n) is 4.86. The smallest absolute Gasteiger partial charge is 0.259 e. The van der Waals surface area contributed by atoms with Crippen molar-refractivity contribution in [2.75, 3.05) is 13.2 Å². The minimum absolute atomic E-state index is 0.205. The maximum Gasteiger partial charge on any atom is 0.259 e. The highest BCUT2D eigenvalue weighted by Crippen LogP contribution is 2.15. The zero-order chi connectivity index (χ0) is 18.1. The maximum atomic E-state index is 11.6. The van der Waals surface area contributed by atoms with Gasteiger partial charge in [-0.15, -0.1) is 0 Å². The number of nitrogens with one attached hydrogen (secondary N) is 2. The third kappa shape index (κ3) is 7.24. The fraction of sp³-hybridized carbons (Fsp3) is 0.118. The van der Waals surface area contributed by atoms with Crippen LogP contribution >= 0.6 is 23.2 Å². The van der Waals surface area contributed by atoms with Gasteiger partial charge in [-0.25, -0.2) is 5.43 Å². The molecule has 0 saturated carbocycles. The molecule has 0 heterocycles. The van der Waals surface area contributed by atoms with Crippen LogP contribution in [-0.4, -0.2) is 31.2 Å². The molecule has 0 saturated heterocycles. The first kappa shape index (κ1) is 18.8. The van der Waals surface area contributed by atoms with Gasteiger partial charge in [0.1, 0.15) is 5.75 Å². The molecule has 0 aromatic heterocycles. The van der Waals surface area contributed by atoms with Crippen molar-refractivity contribution in [2.24, 2.45) is 5.10 Å². The number of halogens is 2. The number of benzene rings is 2. The molecule has 6 nitrogen and oxygen atoms in total. The molecule has 0 atom stereocenters. The van der Waals surface area contributed by atoms with Gasteiger partial charge in [0.15, 0.2) is 6.61 Å².